The van der Waals surface area contributed by atoms with Crippen LogP contribution in [0, 0.1) is 20.8 Å². The summed E-state index contributed by atoms with van der Waals surface area (Å²) in [5, 5.41) is 8.78. The van der Waals surface area contributed by atoms with Gasteiger partial charge in [0.2, 0.25) is 0 Å². The Balaban J connectivity index is 2.21. The summed E-state index contributed by atoms with van der Waals surface area (Å²) >= 11 is 0. The second kappa shape index (κ2) is 5.33. The van der Waals surface area contributed by atoms with Crippen LogP contribution in [0.2, 0.25) is 0 Å². The normalized spacial score (nSPS) is 17.0. The smallest absolute Gasteiger partial charge is 0.303 e. The van der Waals surface area contributed by atoms with Gasteiger partial charge in [0, 0.05) is 11.8 Å². The van der Waals surface area contributed by atoms with Crippen LogP contribution in [0.5, 0.6) is 0 Å². The van der Waals surface area contributed by atoms with Gasteiger partial charge in [-0.1, -0.05) is 12.1 Å². The van der Waals surface area contributed by atoms with Gasteiger partial charge >= 0.3 is 5.97 Å². The van der Waals surface area contributed by atoms with E-state index >= 15 is 0 Å². The van der Waals surface area contributed by atoms with Crippen LogP contribution < -0.4 is 0 Å². The van der Waals surface area contributed by atoms with Gasteiger partial charge in [-0.05, 0) is 55.9 Å². The predicted molar refractivity (Wildman–Crippen MR) is 74.6 cm³/mol. The van der Waals surface area contributed by atoms with E-state index in [1.807, 2.05) is 0 Å². The van der Waals surface area contributed by atoms with Gasteiger partial charge in [0.05, 0.1) is 13.2 Å². The van der Waals surface area contributed by atoms with Gasteiger partial charge in [0.15, 0.2) is 0 Å². The third-order valence-electron chi connectivity index (χ3n) is 4.21. The van der Waals surface area contributed by atoms with Crippen LogP contribution >= 0.6 is 0 Å². The van der Waals surface area contributed by atoms with E-state index in [-0.39, 0.29) is 11.8 Å². The van der Waals surface area contributed by atoms with Gasteiger partial charge < -0.3 is 9.84 Å². The molecular formula is C16H22O3. The first-order valence-corrected chi connectivity index (χ1v) is 6.82. The number of aliphatic carboxylic acids is 1. The van der Waals surface area contributed by atoms with Crippen molar-refractivity contribution in [2.45, 2.75) is 45.4 Å². The molecule has 1 aromatic rings. The van der Waals surface area contributed by atoms with E-state index in [1.54, 1.807) is 0 Å². The molecule has 0 aromatic heterocycles. The zero-order chi connectivity index (χ0) is 14.0. The van der Waals surface area contributed by atoms with Gasteiger partial charge in [-0.3, -0.25) is 4.79 Å². The molecule has 0 atom stereocenters. The van der Waals surface area contributed by atoms with E-state index in [9.17, 15) is 4.79 Å². The Morgan fingerprint density at radius 2 is 1.84 bits per heavy atom. The van der Waals surface area contributed by atoms with E-state index < -0.39 is 5.97 Å². The fraction of sp³-hybridized carbons (Fsp3) is 0.562. The SMILES string of the molecule is Cc1cc(C)c(C2(CCCC(=O)O)COC2)cc1C. The fourth-order valence-electron chi connectivity index (χ4n) is 2.89. The number of ether oxygens (including phenoxy) is 1. The van der Waals surface area contributed by atoms with Crippen molar-refractivity contribution in [2.75, 3.05) is 13.2 Å². The van der Waals surface area contributed by atoms with Crippen LogP contribution in [0.15, 0.2) is 12.1 Å². The topological polar surface area (TPSA) is 46.5 Å². The third-order valence-corrected chi connectivity index (χ3v) is 4.21. The lowest BCUT2D eigenvalue weighted by Crippen LogP contribution is -2.47. The van der Waals surface area contributed by atoms with Crippen molar-refractivity contribution in [2.24, 2.45) is 0 Å². The van der Waals surface area contributed by atoms with E-state index in [2.05, 4.69) is 32.9 Å². The molecule has 1 saturated heterocycles. The molecule has 0 radical (unpaired) electrons. The maximum Gasteiger partial charge on any atom is 0.303 e. The van der Waals surface area contributed by atoms with Crippen LogP contribution in [0.4, 0.5) is 0 Å². The number of carbonyl (C=O) groups is 1. The van der Waals surface area contributed by atoms with Crippen LogP contribution in [0.25, 0.3) is 0 Å². The van der Waals surface area contributed by atoms with Crippen LogP contribution in [0.1, 0.15) is 41.5 Å². The standard InChI is InChI=1S/C16H22O3/c1-11-7-13(3)14(8-12(11)2)16(9-19-10-16)6-4-5-15(17)18/h7-8H,4-6,9-10H2,1-3H3,(H,17,18). The first-order valence-electron chi connectivity index (χ1n) is 6.82. The van der Waals surface area contributed by atoms with Crippen molar-refractivity contribution in [3.8, 4) is 0 Å². The maximum absolute atomic E-state index is 10.7. The minimum absolute atomic E-state index is 0.0397. The van der Waals surface area contributed by atoms with Crippen molar-refractivity contribution < 1.29 is 14.6 Å². The molecule has 1 heterocycles. The summed E-state index contributed by atoms with van der Waals surface area (Å²) in [5.41, 5.74) is 5.28. The Bertz CT molecular complexity index is 487. The highest BCUT2D eigenvalue weighted by molar-refractivity contribution is 5.66. The molecule has 1 aromatic carbocycles. The molecule has 0 saturated carbocycles. The minimum atomic E-state index is -0.716. The molecule has 1 aliphatic heterocycles. The lowest BCUT2D eigenvalue weighted by atomic mass is 9.72. The largest absolute Gasteiger partial charge is 0.481 e. The van der Waals surface area contributed by atoms with Crippen molar-refractivity contribution >= 4 is 5.97 Å². The number of carboxylic acid groups (broad SMARTS) is 1. The molecule has 2 rings (SSSR count). The Morgan fingerprint density at radius 1 is 1.21 bits per heavy atom. The number of rotatable bonds is 5. The number of hydrogen-bond donors (Lipinski definition) is 1. The van der Waals surface area contributed by atoms with Crippen molar-refractivity contribution in [3.63, 3.8) is 0 Å². The number of aryl methyl sites for hydroxylation is 3. The first kappa shape index (κ1) is 14.1. The van der Waals surface area contributed by atoms with Gasteiger partial charge in [-0.25, -0.2) is 0 Å². The lowest BCUT2D eigenvalue weighted by Gasteiger charge is -2.43. The summed E-state index contributed by atoms with van der Waals surface area (Å²) in [4.78, 5) is 10.7. The summed E-state index contributed by atoms with van der Waals surface area (Å²) < 4.78 is 5.43. The Labute approximate surface area is 114 Å². The highest BCUT2D eigenvalue weighted by Gasteiger charge is 2.40. The summed E-state index contributed by atoms with van der Waals surface area (Å²) in [5.74, 6) is -0.716. The molecule has 3 nitrogen and oxygen atoms in total. The van der Waals surface area contributed by atoms with Gasteiger partial charge in [-0.2, -0.15) is 0 Å². The fourth-order valence-corrected chi connectivity index (χ4v) is 2.89. The molecule has 1 aliphatic rings. The number of hydrogen-bond acceptors (Lipinski definition) is 2. The number of benzene rings is 1. The summed E-state index contributed by atoms with van der Waals surface area (Å²) in [6.45, 7) is 7.83. The minimum Gasteiger partial charge on any atom is -0.481 e. The summed E-state index contributed by atoms with van der Waals surface area (Å²) in [6, 6.07) is 4.48. The average molecular weight is 262 g/mol. The number of carboxylic acids is 1. The average Bonchev–Trinajstić information content (AvgIpc) is 2.27. The van der Waals surface area contributed by atoms with E-state index in [0.29, 0.717) is 6.42 Å². The Kier molecular flexibility index (Phi) is 3.95. The van der Waals surface area contributed by atoms with Gasteiger partial charge in [0.1, 0.15) is 0 Å². The highest BCUT2D eigenvalue weighted by Crippen LogP contribution is 2.39. The van der Waals surface area contributed by atoms with Crippen LogP contribution in [-0.4, -0.2) is 24.3 Å². The molecule has 0 unspecified atom stereocenters. The monoisotopic (exact) mass is 262 g/mol. The molecule has 1 N–H and O–H groups in total. The zero-order valence-corrected chi connectivity index (χ0v) is 12.0. The molecule has 1 fully saturated rings. The summed E-state index contributed by atoms with van der Waals surface area (Å²) in [6.07, 6.45) is 1.85. The molecule has 0 aliphatic carbocycles. The van der Waals surface area contributed by atoms with Crippen molar-refractivity contribution in [1.29, 1.82) is 0 Å². The maximum atomic E-state index is 10.7. The Hall–Kier alpha value is -1.35. The lowest BCUT2D eigenvalue weighted by molar-refractivity contribution is -0.137. The first-order chi connectivity index (χ1) is 8.94. The van der Waals surface area contributed by atoms with E-state index in [4.69, 9.17) is 9.84 Å². The van der Waals surface area contributed by atoms with Crippen LogP contribution in [-0.2, 0) is 14.9 Å². The predicted octanol–water partition coefficient (Wildman–Crippen LogP) is 3.13. The molecule has 3 heteroatoms. The third kappa shape index (κ3) is 2.81. The van der Waals surface area contributed by atoms with Crippen molar-refractivity contribution in [1.82, 2.24) is 0 Å². The van der Waals surface area contributed by atoms with Crippen LogP contribution in [0.3, 0.4) is 0 Å². The molecule has 19 heavy (non-hydrogen) atoms. The molecule has 0 amide bonds. The molecule has 0 bridgehead atoms. The zero-order valence-electron chi connectivity index (χ0n) is 12.0. The Morgan fingerprint density at radius 3 is 2.37 bits per heavy atom. The quantitative estimate of drug-likeness (QED) is 0.886. The summed E-state index contributed by atoms with van der Waals surface area (Å²) in [7, 11) is 0. The van der Waals surface area contributed by atoms with Gasteiger partial charge in [-0.15, -0.1) is 0 Å². The molecule has 0 spiro atoms. The molecule has 104 valence electrons. The highest BCUT2D eigenvalue weighted by atomic mass is 16.5. The van der Waals surface area contributed by atoms with E-state index in [1.165, 1.54) is 22.3 Å². The van der Waals surface area contributed by atoms with Gasteiger partial charge in [0.25, 0.3) is 0 Å². The van der Waals surface area contributed by atoms with E-state index in [0.717, 1.165) is 19.6 Å². The van der Waals surface area contributed by atoms with Crippen molar-refractivity contribution in [3.05, 3.63) is 34.4 Å². The molecular weight excluding hydrogens is 240 g/mol. The second-order valence-electron chi connectivity index (χ2n) is 5.77. The second-order valence-corrected chi connectivity index (χ2v) is 5.77.